The van der Waals surface area contributed by atoms with Crippen LogP contribution in [0.4, 0.5) is 5.69 Å². The fourth-order valence-corrected chi connectivity index (χ4v) is 3.03. The van der Waals surface area contributed by atoms with E-state index in [4.69, 9.17) is 0 Å². The Hall–Kier alpha value is -0.580. The number of benzene rings is 1. The van der Waals surface area contributed by atoms with Crippen LogP contribution in [-0.4, -0.2) is 55.6 Å². The van der Waals surface area contributed by atoms with E-state index in [2.05, 4.69) is 63.2 Å². The van der Waals surface area contributed by atoms with E-state index in [0.29, 0.717) is 0 Å². The lowest BCUT2D eigenvalue weighted by atomic mass is 10.1. The fraction of sp³-hybridized carbons (Fsp3) is 0.600. The summed E-state index contributed by atoms with van der Waals surface area (Å²) < 4.78 is 1.14. The van der Waals surface area contributed by atoms with E-state index < -0.39 is 0 Å². The lowest BCUT2D eigenvalue weighted by Gasteiger charge is -2.39. The van der Waals surface area contributed by atoms with Crippen molar-refractivity contribution in [3.8, 4) is 0 Å². The van der Waals surface area contributed by atoms with Gasteiger partial charge in [-0.05, 0) is 41.5 Å². The number of halogens is 1. The first-order valence-electron chi connectivity index (χ1n) is 7.11. The van der Waals surface area contributed by atoms with Crippen LogP contribution < -0.4 is 5.32 Å². The highest BCUT2D eigenvalue weighted by Gasteiger charge is 2.22. The molecule has 0 radical (unpaired) electrons. The van der Waals surface area contributed by atoms with Crippen LogP contribution in [0, 0.1) is 0 Å². The van der Waals surface area contributed by atoms with Gasteiger partial charge >= 0.3 is 0 Å². The van der Waals surface area contributed by atoms with Gasteiger partial charge in [-0.25, -0.2) is 0 Å². The molecule has 106 valence electrons. The van der Waals surface area contributed by atoms with Gasteiger partial charge in [-0.2, -0.15) is 0 Å². The summed E-state index contributed by atoms with van der Waals surface area (Å²) in [5, 5.41) is 3.50. The molecule has 1 N–H and O–H groups in total. The molecule has 1 fully saturated rings. The molecule has 1 saturated heterocycles. The lowest BCUT2D eigenvalue weighted by Crippen LogP contribution is -2.51. The highest BCUT2D eigenvalue weighted by molar-refractivity contribution is 9.10. The predicted octanol–water partition coefficient (Wildman–Crippen LogP) is 2.89. The summed E-state index contributed by atoms with van der Waals surface area (Å²) in [4.78, 5) is 5.05. The molecule has 0 aliphatic carbocycles. The minimum absolute atomic E-state index is 0.720. The Balaban J connectivity index is 1.76. The van der Waals surface area contributed by atoms with Crippen LogP contribution in [0.2, 0.25) is 0 Å². The van der Waals surface area contributed by atoms with Crippen LogP contribution in [0.25, 0.3) is 0 Å². The molecule has 19 heavy (non-hydrogen) atoms. The Morgan fingerprint density at radius 3 is 2.84 bits per heavy atom. The maximum atomic E-state index is 3.57. The molecule has 1 aliphatic rings. The van der Waals surface area contributed by atoms with Crippen LogP contribution in [0.15, 0.2) is 28.7 Å². The van der Waals surface area contributed by atoms with Gasteiger partial charge in [0.15, 0.2) is 0 Å². The molecule has 2 rings (SSSR count). The van der Waals surface area contributed by atoms with Crippen LogP contribution in [0.1, 0.15) is 13.3 Å². The maximum Gasteiger partial charge on any atom is 0.0485 e. The normalized spacial score (nSPS) is 21.5. The molecule has 1 unspecified atom stereocenters. The highest BCUT2D eigenvalue weighted by Crippen LogP contribution is 2.20. The van der Waals surface area contributed by atoms with Crippen molar-refractivity contribution < 1.29 is 0 Å². The van der Waals surface area contributed by atoms with E-state index in [9.17, 15) is 0 Å². The summed E-state index contributed by atoms with van der Waals surface area (Å²) >= 11 is 3.57. The highest BCUT2D eigenvalue weighted by atomic mass is 79.9. The zero-order valence-corrected chi connectivity index (χ0v) is 13.5. The third-order valence-corrected chi connectivity index (χ3v) is 4.64. The van der Waals surface area contributed by atoms with Crippen molar-refractivity contribution >= 4 is 21.6 Å². The number of rotatable bonds is 5. The van der Waals surface area contributed by atoms with Crippen LogP contribution in [-0.2, 0) is 0 Å². The molecule has 1 aromatic rings. The monoisotopic (exact) mass is 325 g/mol. The van der Waals surface area contributed by atoms with Gasteiger partial charge in [0.05, 0.1) is 0 Å². The molecule has 0 saturated carbocycles. The Labute approximate surface area is 125 Å². The Bertz CT molecular complexity index is 397. The first-order valence-corrected chi connectivity index (χ1v) is 7.91. The zero-order valence-electron chi connectivity index (χ0n) is 11.9. The number of nitrogens with one attached hydrogen (secondary N) is 1. The van der Waals surface area contributed by atoms with Crippen molar-refractivity contribution in [1.29, 1.82) is 0 Å². The topological polar surface area (TPSA) is 18.5 Å². The first kappa shape index (κ1) is 14.8. The molecule has 3 nitrogen and oxygen atoms in total. The predicted molar refractivity (Wildman–Crippen MR) is 85.8 cm³/mol. The van der Waals surface area contributed by atoms with Crippen molar-refractivity contribution in [2.75, 3.05) is 45.1 Å². The largest absolute Gasteiger partial charge is 0.383 e. The summed E-state index contributed by atoms with van der Waals surface area (Å²) in [5.74, 6) is 0. The van der Waals surface area contributed by atoms with Gasteiger partial charge in [0.2, 0.25) is 0 Å². The summed E-state index contributed by atoms with van der Waals surface area (Å²) in [7, 11) is 2.24. The van der Waals surface area contributed by atoms with Crippen LogP contribution in [0.5, 0.6) is 0 Å². The molecule has 4 heteroatoms. The molecule has 1 aliphatic heterocycles. The van der Waals surface area contributed by atoms with Crippen molar-refractivity contribution in [3.63, 3.8) is 0 Å². The molecule has 0 aromatic heterocycles. The van der Waals surface area contributed by atoms with Crippen molar-refractivity contribution in [3.05, 3.63) is 28.7 Å². The third kappa shape index (κ3) is 4.20. The number of piperazine rings is 1. The summed E-state index contributed by atoms with van der Waals surface area (Å²) in [6.07, 6.45) is 1.24. The SMILES string of the molecule is CCC1CN(CCNc2ccccc2Br)CCN1C. The summed E-state index contributed by atoms with van der Waals surface area (Å²) in [5.41, 5.74) is 1.18. The molecule has 0 amide bonds. The first-order chi connectivity index (χ1) is 9.20. The minimum atomic E-state index is 0.720. The second-order valence-corrected chi connectivity index (χ2v) is 6.10. The number of para-hydroxylation sites is 1. The number of likely N-dealkylation sites (N-methyl/N-ethyl adjacent to an activating group) is 1. The number of nitrogens with zero attached hydrogens (tertiary/aromatic N) is 2. The molecule has 1 heterocycles. The van der Waals surface area contributed by atoms with Gasteiger partial charge in [0.1, 0.15) is 0 Å². The van der Waals surface area contributed by atoms with Crippen molar-refractivity contribution in [2.24, 2.45) is 0 Å². The Morgan fingerprint density at radius 1 is 1.32 bits per heavy atom. The standard InChI is InChI=1S/C15H24BrN3/c1-3-13-12-19(11-10-18(13)2)9-8-17-15-7-5-4-6-14(15)16/h4-7,13,17H,3,8-12H2,1-2H3. The number of hydrogen-bond acceptors (Lipinski definition) is 3. The van der Waals surface area contributed by atoms with E-state index in [1.807, 2.05) is 6.07 Å². The smallest absolute Gasteiger partial charge is 0.0485 e. The molecule has 0 bridgehead atoms. The van der Waals surface area contributed by atoms with Gasteiger partial charge in [-0.1, -0.05) is 19.1 Å². The zero-order chi connectivity index (χ0) is 13.7. The minimum Gasteiger partial charge on any atom is -0.383 e. The fourth-order valence-electron chi connectivity index (χ4n) is 2.61. The van der Waals surface area contributed by atoms with Gasteiger partial charge in [-0.3, -0.25) is 4.90 Å². The molecule has 0 spiro atoms. The van der Waals surface area contributed by atoms with Crippen LogP contribution in [0.3, 0.4) is 0 Å². The Morgan fingerprint density at radius 2 is 2.11 bits per heavy atom. The van der Waals surface area contributed by atoms with E-state index in [1.54, 1.807) is 0 Å². The number of anilines is 1. The van der Waals surface area contributed by atoms with E-state index in [0.717, 1.165) is 23.6 Å². The van der Waals surface area contributed by atoms with Gasteiger partial charge < -0.3 is 10.2 Å². The second-order valence-electron chi connectivity index (χ2n) is 5.25. The summed E-state index contributed by atoms with van der Waals surface area (Å²) in [6, 6.07) is 9.02. The molecule has 1 aromatic carbocycles. The lowest BCUT2D eigenvalue weighted by molar-refractivity contribution is 0.0963. The maximum absolute atomic E-state index is 3.57. The van der Waals surface area contributed by atoms with Crippen molar-refractivity contribution in [2.45, 2.75) is 19.4 Å². The van der Waals surface area contributed by atoms with Gasteiger partial charge in [-0.15, -0.1) is 0 Å². The quantitative estimate of drug-likeness (QED) is 0.898. The average molecular weight is 326 g/mol. The Kier molecular flexibility index (Phi) is 5.67. The average Bonchev–Trinajstić information content (AvgIpc) is 2.43. The number of hydrogen-bond donors (Lipinski definition) is 1. The molecular formula is C15H24BrN3. The van der Waals surface area contributed by atoms with Gasteiger partial charge in [0.25, 0.3) is 0 Å². The van der Waals surface area contributed by atoms with Gasteiger partial charge in [0, 0.05) is 48.9 Å². The van der Waals surface area contributed by atoms with Crippen LogP contribution >= 0.6 is 15.9 Å². The third-order valence-electron chi connectivity index (χ3n) is 3.95. The summed E-state index contributed by atoms with van der Waals surface area (Å²) in [6.45, 7) is 7.97. The van der Waals surface area contributed by atoms with E-state index in [-0.39, 0.29) is 0 Å². The second kappa shape index (κ2) is 7.27. The van der Waals surface area contributed by atoms with E-state index >= 15 is 0 Å². The van der Waals surface area contributed by atoms with E-state index in [1.165, 1.54) is 31.7 Å². The van der Waals surface area contributed by atoms with Crippen molar-refractivity contribution in [1.82, 2.24) is 9.80 Å². The molecule has 1 atom stereocenters. The molecular weight excluding hydrogens is 302 g/mol.